The number of fused-ring (bicyclic) bond motifs is 1. The lowest BCUT2D eigenvalue weighted by Crippen LogP contribution is -2.20. The molecule has 0 unspecified atom stereocenters. The van der Waals surface area contributed by atoms with E-state index in [4.69, 9.17) is 21.1 Å². The zero-order valence-electron chi connectivity index (χ0n) is 18.8. The predicted molar refractivity (Wildman–Crippen MR) is 134 cm³/mol. The van der Waals surface area contributed by atoms with E-state index in [1.807, 2.05) is 73.0 Å². The largest absolute Gasteiger partial charge is 0.453 e. The number of rotatable bonds is 8. The molecule has 4 aromatic rings. The Labute approximate surface area is 206 Å². The summed E-state index contributed by atoms with van der Waals surface area (Å²) < 4.78 is 12.4. The lowest BCUT2D eigenvalue weighted by molar-refractivity contribution is -0.151. The van der Waals surface area contributed by atoms with Gasteiger partial charge in [-0.15, -0.1) is 0 Å². The number of halogens is 1. The minimum Gasteiger partial charge on any atom is -0.453 e. The van der Waals surface area contributed by atoms with Crippen molar-refractivity contribution in [1.82, 2.24) is 9.55 Å². The first-order chi connectivity index (χ1) is 16.4. The van der Waals surface area contributed by atoms with Gasteiger partial charge in [0.05, 0.1) is 23.3 Å². The zero-order valence-corrected chi connectivity index (χ0v) is 20.4. The normalized spacial score (nSPS) is 10.9. The van der Waals surface area contributed by atoms with Crippen molar-refractivity contribution in [1.29, 1.82) is 0 Å². The van der Waals surface area contributed by atoms with Crippen LogP contribution < -0.4 is 4.74 Å². The number of para-hydroxylation sites is 2. The number of carbonyl (C=O) groups excluding carboxylic acids is 2. The van der Waals surface area contributed by atoms with Crippen LogP contribution in [-0.4, -0.2) is 33.8 Å². The monoisotopic (exact) mass is 494 g/mol. The highest BCUT2D eigenvalue weighted by Crippen LogP contribution is 2.27. The van der Waals surface area contributed by atoms with E-state index in [0.717, 1.165) is 27.7 Å². The van der Waals surface area contributed by atoms with Gasteiger partial charge < -0.3 is 14.0 Å². The van der Waals surface area contributed by atoms with E-state index in [-0.39, 0.29) is 5.75 Å². The fourth-order valence-corrected chi connectivity index (χ4v) is 4.58. The summed E-state index contributed by atoms with van der Waals surface area (Å²) in [6, 6.07) is 20.9. The van der Waals surface area contributed by atoms with Crippen molar-refractivity contribution in [2.45, 2.75) is 25.5 Å². The summed E-state index contributed by atoms with van der Waals surface area (Å²) >= 11 is 7.61. The highest BCUT2D eigenvalue weighted by atomic mass is 35.5. The van der Waals surface area contributed by atoms with Gasteiger partial charge in [0.2, 0.25) is 0 Å². The molecule has 0 N–H and O–H groups in total. The number of ether oxygens (including phenoxy) is 2. The first-order valence-corrected chi connectivity index (χ1v) is 12.0. The summed E-state index contributed by atoms with van der Waals surface area (Å²) in [4.78, 5) is 29.1. The highest BCUT2D eigenvalue weighted by molar-refractivity contribution is 7.99. The summed E-state index contributed by atoms with van der Waals surface area (Å²) in [6.07, 6.45) is 0. The Morgan fingerprint density at radius 1 is 0.971 bits per heavy atom. The molecule has 0 bridgehead atoms. The molecule has 0 saturated carbocycles. The molecule has 174 valence electrons. The molecule has 0 aliphatic carbocycles. The van der Waals surface area contributed by atoms with Crippen molar-refractivity contribution in [3.05, 3.63) is 88.4 Å². The second kappa shape index (κ2) is 10.8. The number of imidazole rings is 1. The molecular formula is C26H23ClN2O4S. The van der Waals surface area contributed by atoms with Gasteiger partial charge >= 0.3 is 11.9 Å². The molecule has 0 fully saturated rings. The number of aromatic nitrogens is 2. The van der Waals surface area contributed by atoms with Crippen molar-refractivity contribution in [2.75, 3.05) is 12.4 Å². The van der Waals surface area contributed by atoms with E-state index in [2.05, 4.69) is 4.98 Å². The Balaban J connectivity index is 1.38. The first kappa shape index (κ1) is 23.9. The molecule has 1 heterocycles. The van der Waals surface area contributed by atoms with E-state index in [9.17, 15) is 9.59 Å². The van der Waals surface area contributed by atoms with Crippen molar-refractivity contribution in [3.63, 3.8) is 0 Å². The Morgan fingerprint density at radius 2 is 1.68 bits per heavy atom. The molecular weight excluding hydrogens is 472 g/mol. The third-order valence-electron chi connectivity index (χ3n) is 5.00. The van der Waals surface area contributed by atoms with Gasteiger partial charge in [0.15, 0.2) is 11.8 Å². The minimum atomic E-state index is -0.630. The van der Waals surface area contributed by atoms with Gasteiger partial charge in [-0.2, -0.15) is 0 Å². The molecule has 6 nitrogen and oxygen atoms in total. The summed E-state index contributed by atoms with van der Waals surface area (Å²) in [5.41, 5.74) is 4.68. The third kappa shape index (κ3) is 5.98. The fraction of sp³-hybridized carbons (Fsp3) is 0.192. The number of benzene rings is 3. The van der Waals surface area contributed by atoms with E-state index < -0.39 is 18.5 Å². The number of hydrogen-bond donors (Lipinski definition) is 0. The average molecular weight is 495 g/mol. The molecule has 0 atom stereocenters. The van der Waals surface area contributed by atoms with E-state index in [1.54, 1.807) is 12.1 Å². The smallest absolute Gasteiger partial charge is 0.349 e. The van der Waals surface area contributed by atoms with Crippen LogP contribution in [0, 0.1) is 13.8 Å². The number of aryl methyl sites for hydroxylation is 2. The van der Waals surface area contributed by atoms with Gasteiger partial charge in [-0.3, -0.25) is 4.79 Å². The number of carbonyl (C=O) groups is 2. The zero-order chi connectivity index (χ0) is 24.1. The SMILES string of the molecule is Cc1cc(C)cc(OC(=O)COC(=O)CSc2nc3ccccc3n2Cc2ccccc2Cl)c1. The van der Waals surface area contributed by atoms with Crippen LogP contribution in [0.3, 0.4) is 0 Å². The minimum absolute atomic E-state index is 0.00266. The van der Waals surface area contributed by atoms with Crippen LogP contribution in [0.4, 0.5) is 0 Å². The molecule has 4 rings (SSSR count). The second-order valence-corrected chi connectivity index (χ2v) is 9.16. The highest BCUT2D eigenvalue weighted by Gasteiger charge is 2.16. The summed E-state index contributed by atoms with van der Waals surface area (Å²) in [7, 11) is 0. The molecule has 0 amide bonds. The van der Waals surface area contributed by atoms with Crippen LogP contribution >= 0.6 is 23.4 Å². The van der Waals surface area contributed by atoms with Gasteiger partial charge in [0.1, 0.15) is 5.75 Å². The molecule has 0 saturated heterocycles. The first-order valence-electron chi connectivity index (χ1n) is 10.6. The van der Waals surface area contributed by atoms with E-state index >= 15 is 0 Å². The van der Waals surface area contributed by atoms with Gasteiger partial charge in [0, 0.05) is 5.02 Å². The lowest BCUT2D eigenvalue weighted by Gasteiger charge is -2.10. The van der Waals surface area contributed by atoms with Crippen LogP contribution in [0.5, 0.6) is 5.75 Å². The maximum atomic E-state index is 12.3. The van der Waals surface area contributed by atoms with E-state index in [0.29, 0.717) is 22.5 Å². The Bertz CT molecular complexity index is 1330. The molecule has 0 radical (unpaired) electrons. The van der Waals surface area contributed by atoms with Gasteiger partial charge in [-0.25, -0.2) is 9.78 Å². The number of hydrogen-bond acceptors (Lipinski definition) is 6. The standard InChI is InChI=1S/C26H23ClN2O4S/c1-17-11-18(2)13-20(12-17)33-24(30)15-32-25(31)16-34-26-28-22-9-5-6-10-23(22)29(26)14-19-7-3-4-8-21(19)27/h3-13H,14-16H2,1-2H3. The van der Waals surface area contributed by atoms with Crippen molar-refractivity contribution in [3.8, 4) is 5.75 Å². The molecule has 0 aliphatic rings. The maximum absolute atomic E-state index is 12.3. The predicted octanol–water partition coefficient (Wildman–Crippen LogP) is 5.60. The van der Waals surface area contributed by atoms with Crippen LogP contribution in [0.2, 0.25) is 5.02 Å². The van der Waals surface area contributed by atoms with E-state index in [1.165, 1.54) is 11.8 Å². The topological polar surface area (TPSA) is 70.4 Å². The maximum Gasteiger partial charge on any atom is 0.349 e. The van der Waals surface area contributed by atoms with Crippen molar-refractivity contribution >= 4 is 46.3 Å². The summed E-state index contributed by atoms with van der Waals surface area (Å²) in [6.45, 7) is 3.89. The molecule has 8 heteroatoms. The molecule has 34 heavy (non-hydrogen) atoms. The molecule has 3 aromatic carbocycles. The van der Waals surface area contributed by atoms with Gasteiger partial charge in [0.25, 0.3) is 0 Å². The molecule has 0 spiro atoms. The summed E-state index contributed by atoms with van der Waals surface area (Å²) in [5.74, 6) is -0.725. The van der Waals surface area contributed by atoms with Crippen LogP contribution in [0.15, 0.2) is 71.9 Å². The number of nitrogens with zero attached hydrogens (tertiary/aromatic N) is 2. The summed E-state index contributed by atoms with van der Waals surface area (Å²) in [5, 5.41) is 1.33. The third-order valence-corrected chi connectivity index (χ3v) is 6.32. The Hall–Kier alpha value is -3.29. The van der Waals surface area contributed by atoms with Crippen LogP contribution in [-0.2, 0) is 20.9 Å². The Kier molecular flexibility index (Phi) is 7.55. The second-order valence-electron chi connectivity index (χ2n) is 7.81. The van der Waals surface area contributed by atoms with Crippen LogP contribution in [0.25, 0.3) is 11.0 Å². The van der Waals surface area contributed by atoms with Crippen molar-refractivity contribution < 1.29 is 19.1 Å². The van der Waals surface area contributed by atoms with Gasteiger partial charge in [-0.1, -0.05) is 59.8 Å². The quantitative estimate of drug-likeness (QED) is 0.180. The molecule has 1 aromatic heterocycles. The fourth-order valence-electron chi connectivity index (χ4n) is 3.57. The number of thioether (sulfide) groups is 1. The Morgan fingerprint density at radius 3 is 2.44 bits per heavy atom. The van der Waals surface area contributed by atoms with Crippen molar-refractivity contribution in [2.24, 2.45) is 0 Å². The lowest BCUT2D eigenvalue weighted by atomic mass is 10.1. The molecule has 0 aliphatic heterocycles. The number of esters is 2. The average Bonchev–Trinajstić information content (AvgIpc) is 3.14. The van der Waals surface area contributed by atoms with Gasteiger partial charge in [-0.05, 0) is 60.9 Å². The van der Waals surface area contributed by atoms with Crippen LogP contribution in [0.1, 0.15) is 16.7 Å².